The second-order valence-electron chi connectivity index (χ2n) is 5.45. The lowest BCUT2D eigenvalue weighted by Crippen LogP contribution is -2.24. The Morgan fingerprint density at radius 2 is 1.96 bits per heavy atom. The normalized spacial score (nSPS) is 11.7. The molecule has 0 saturated heterocycles. The Morgan fingerprint density at radius 3 is 2.68 bits per heavy atom. The molecule has 0 atom stereocenters. The van der Waals surface area contributed by atoms with Crippen LogP contribution in [0.4, 0.5) is 0 Å². The smallest absolute Gasteiger partial charge is 0.250 e. The van der Waals surface area contributed by atoms with E-state index in [2.05, 4.69) is 14.9 Å². The van der Waals surface area contributed by atoms with Gasteiger partial charge in [-0.1, -0.05) is 42.4 Å². The zero-order valence-electron chi connectivity index (χ0n) is 13.8. The molecule has 0 aliphatic carbocycles. The summed E-state index contributed by atoms with van der Waals surface area (Å²) in [5.41, 5.74) is 0.891. The highest BCUT2D eigenvalue weighted by Crippen LogP contribution is 2.21. The lowest BCUT2D eigenvalue weighted by molar-refractivity contribution is 0.376. The molecule has 132 valence electrons. The first kappa shape index (κ1) is 17.8. The van der Waals surface area contributed by atoms with Crippen LogP contribution in [-0.2, 0) is 22.9 Å². The highest BCUT2D eigenvalue weighted by atomic mass is 32.2. The minimum absolute atomic E-state index is 0.324. The summed E-state index contributed by atoms with van der Waals surface area (Å²) >= 11 is 1.30. The minimum atomic E-state index is -3.44. The fraction of sp³-hybridized carbons (Fsp3) is 0.294. The van der Waals surface area contributed by atoms with Crippen molar-refractivity contribution in [3.63, 3.8) is 0 Å². The molecule has 25 heavy (non-hydrogen) atoms. The summed E-state index contributed by atoms with van der Waals surface area (Å²) in [5.74, 6) is 1.05. The van der Waals surface area contributed by atoms with Crippen molar-refractivity contribution < 1.29 is 12.9 Å². The summed E-state index contributed by atoms with van der Waals surface area (Å²) in [6, 6.07) is 13.1. The van der Waals surface area contributed by atoms with E-state index in [0.717, 1.165) is 16.9 Å². The van der Waals surface area contributed by atoms with Gasteiger partial charge in [-0.15, -0.1) is 11.3 Å². The predicted octanol–water partition coefficient (Wildman–Crippen LogP) is 3.27. The molecule has 0 saturated carbocycles. The lowest BCUT2D eigenvalue weighted by atomic mass is 10.2. The quantitative estimate of drug-likeness (QED) is 0.609. The molecule has 0 spiro atoms. The van der Waals surface area contributed by atoms with Crippen LogP contribution in [0.1, 0.15) is 24.1 Å². The third-order valence-corrected chi connectivity index (χ3v) is 6.79. The maximum Gasteiger partial charge on any atom is 0.250 e. The fourth-order valence-electron chi connectivity index (χ4n) is 2.27. The Labute approximate surface area is 151 Å². The Morgan fingerprint density at radius 1 is 1.16 bits per heavy atom. The number of nitrogens with zero attached hydrogens (tertiary/aromatic N) is 2. The number of aryl methyl sites for hydroxylation is 2. The van der Waals surface area contributed by atoms with E-state index in [9.17, 15) is 8.42 Å². The van der Waals surface area contributed by atoms with Gasteiger partial charge in [0.2, 0.25) is 21.7 Å². The van der Waals surface area contributed by atoms with Crippen LogP contribution in [-0.4, -0.2) is 25.1 Å². The first-order chi connectivity index (χ1) is 12.1. The number of hydrogen-bond acceptors (Lipinski definition) is 6. The van der Waals surface area contributed by atoms with Crippen LogP contribution >= 0.6 is 11.3 Å². The van der Waals surface area contributed by atoms with Crippen LogP contribution in [0.5, 0.6) is 0 Å². The van der Waals surface area contributed by atoms with Crippen LogP contribution in [0.2, 0.25) is 0 Å². The van der Waals surface area contributed by atoms with Crippen molar-refractivity contribution in [3.8, 4) is 11.4 Å². The molecule has 0 amide bonds. The molecule has 3 rings (SSSR count). The number of rotatable bonds is 8. The van der Waals surface area contributed by atoms with Crippen molar-refractivity contribution >= 4 is 21.4 Å². The van der Waals surface area contributed by atoms with Gasteiger partial charge in [0.05, 0.1) is 0 Å². The van der Waals surface area contributed by atoms with E-state index < -0.39 is 10.0 Å². The van der Waals surface area contributed by atoms with E-state index in [1.165, 1.54) is 11.3 Å². The molecule has 2 heterocycles. The van der Waals surface area contributed by atoms with E-state index in [-0.39, 0.29) is 0 Å². The first-order valence-corrected chi connectivity index (χ1v) is 10.3. The topological polar surface area (TPSA) is 85.1 Å². The van der Waals surface area contributed by atoms with Crippen LogP contribution in [0.3, 0.4) is 0 Å². The molecule has 3 aromatic rings. The molecule has 0 bridgehead atoms. The van der Waals surface area contributed by atoms with E-state index in [0.29, 0.717) is 35.3 Å². The third-order valence-electron chi connectivity index (χ3n) is 3.61. The van der Waals surface area contributed by atoms with E-state index in [1.807, 2.05) is 43.3 Å². The molecular formula is C17H19N3O3S2. The molecule has 0 unspecified atom stereocenters. The van der Waals surface area contributed by atoms with Crippen LogP contribution < -0.4 is 4.72 Å². The average Bonchev–Trinajstić information content (AvgIpc) is 3.29. The molecule has 2 aromatic heterocycles. The average molecular weight is 377 g/mol. The second kappa shape index (κ2) is 7.90. The number of sulfonamides is 1. The van der Waals surface area contributed by atoms with Gasteiger partial charge in [0.1, 0.15) is 4.21 Å². The summed E-state index contributed by atoms with van der Waals surface area (Å²) in [6.07, 6.45) is 1.94. The van der Waals surface area contributed by atoms with Crippen molar-refractivity contribution in [2.75, 3.05) is 6.54 Å². The molecule has 8 heteroatoms. The first-order valence-electron chi connectivity index (χ1n) is 8.05. The van der Waals surface area contributed by atoms with Crippen molar-refractivity contribution in [1.82, 2.24) is 14.9 Å². The number of benzene rings is 1. The molecule has 0 aliphatic rings. The molecule has 0 aliphatic heterocycles. The highest BCUT2D eigenvalue weighted by molar-refractivity contribution is 7.91. The third kappa shape index (κ3) is 4.53. The Kier molecular flexibility index (Phi) is 5.62. The number of aromatic nitrogens is 2. The zero-order valence-corrected chi connectivity index (χ0v) is 15.4. The van der Waals surface area contributed by atoms with Crippen molar-refractivity contribution in [2.45, 2.75) is 30.4 Å². The van der Waals surface area contributed by atoms with Gasteiger partial charge in [0, 0.05) is 23.4 Å². The molecule has 0 fully saturated rings. The number of thiophene rings is 1. The summed E-state index contributed by atoms with van der Waals surface area (Å²) in [7, 11) is -3.44. The van der Waals surface area contributed by atoms with E-state index >= 15 is 0 Å². The van der Waals surface area contributed by atoms with Crippen LogP contribution in [0, 0.1) is 0 Å². The van der Waals surface area contributed by atoms with Gasteiger partial charge in [-0.05, 0) is 25.0 Å². The summed E-state index contributed by atoms with van der Waals surface area (Å²) in [6.45, 7) is 2.33. The molecule has 1 N–H and O–H groups in total. The Bertz CT molecular complexity index is 918. The number of nitrogens with one attached hydrogen (secondary N) is 1. The van der Waals surface area contributed by atoms with Gasteiger partial charge in [-0.2, -0.15) is 4.98 Å². The second-order valence-corrected chi connectivity index (χ2v) is 8.62. The largest absolute Gasteiger partial charge is 0.339 e. The van der Waals surface area contributed by atoms with Gasteiger partial charge in [0.25, 0.3) is 0 Å². The fourth-order valence-corrected chi connectivity index (χ4v) is 4.69. The standard InChI is InChI=1S/C17H19N3O3S2/c1-2-14-10-11-16(24-14)25(21,22)18-12-6-9-15-19-17(20-23-15)13-7-4-3-5-8-13/h3-5,7-8,10-11,18H,2,6,9,12H2,1H3. The maximum atomic E-state index is 12.2. The highest BCUT2D eigenvalue weighted by Gasteiger charge is 2.16. The van der Waals surface area contributed by atoms with Crippen molar-refractivity contribution in [2.24, 2.45) is 0 Å². The van der Waals surface area contributed by atoms with E-state index in [4.69, 9.17) is 4.52 Å². The molecule has 0 radical (unpaired) electrons. The summed E-state index contributed by atoms with van der Waals surface area (Å²) in [5, 5.41) is 3.95. The molecule has 1 aromatic carbocycles. The van der Waals surface area contributed by atoms with E-state index in [1.54, 1.807) is 6.07 Å². The summed E-state index contributed by atoms with van der Waals surface area (Å²) in [4.78, 5) is 5.39. The van der Waals surface area contributed by atoms with Gasteiger partial charge >= 0.3 is 0 Å². The van der Waals surface area contributed by atoms with Crippen LogP contribution in [0.15, 0.2) is 51.2 Å². The van der Waals surface area contributed by atoms with Gasteiger partial charge < -0.3 is 4.52 Å². The Balaban J connectivity index is 1.51. The van der Waals surface area contributed by atoms with Crippen molar-refractivity contribution in [3.05, 3.63) is 53.2 Å². The lowest BCUT2D eigenvalue weighted by Gasteiger charge is -2.03. The monoisotopic (exact) mass is 377 g/mol. The molecular weight excluding hydrogens is 358 g/mol. The predicted molar refractivity (Wildman–Crippen MR) is 96.9 cm³/mol. The van der Waals surface area contributed by atoms with Gasteiger partial charge in [-0.25, -0.2) is 13.1 Å². The SMILES string of the molecule is CCc1ccc(S(=O)(=O)NCCCc2nc(-c3ccccc3)no2)s1. The summed E-state index contributed by atoms with van der Waals surface area (Å²) < 4.78 is 32.6. The zero-order chi connectivity index (χ0) is 17.7. The van der Waals surface area contributed by atoms with Gasteiger partial charge in [0.15, 0.2) is 0 Å². The number of hydrogen-bond donors (Lipinski definition) is 1. The Hall–Kier alpha value is -2.03. The van der Waals surface area contributed by atoms with Crippen molar-refractivity contribution in [1.29, 1.82) is 0 Å². The van der Waals surface area contributed by atoms with Crippen LogP contribution in [0.25, 0.3) is 11.4 Å². The maximum absolute atomic E-state index is 12.2. The minimum Gasteiger partial charge on any atom is -0.339 e. The van der Waals surface area contributed by atoms with Gasteiger partial charge in [-0.3, -0.25) is 0 Å². The molecule has 6 nitrogen and oxygen atoms in total.